The van der Waals surface area contributed by atoms with Gasteiger partial charge in [-0.25, -0.2) is 0 Å². The maximum Gasteiger partial charge on any atom is 0.250 e. The highest BCUT2D eigenvalue weighted by molar-refractivity contribution is 5.33. The number of hydrogen-bond acceptors (Lipinski definition) is 3. The van der Waals surface area contributed by atoms with Crippen LogP contribution in [0.5, 0.6) is 0 Å². The second kappa shape index (κ2) is 6.91. The maximum atomic E-state index is 11.7. The Morgan fingerprint density at radius 2 is 1.90 bits per heavy atom. The van der Waals surface area contributed by atoms with Gasteiger partial charge in [0, 0.05) is 37.6 Å². The number of rotatable bonds is 6. The van der Waals surface area contributed by atoms with Gasteiger partial charge in [-0.15, -0.1) is 0 Å². The number of nitrogens with two attached hydrogens (primary N) is 1. The monoisotopic (exact) mass is 271 g/mol. The molecule has 2 N–H and O–H groups in total. The Morgan fingerprint density at radius 1 is 1.15 bits per heavy atom. The molecule has 1 heterocycles. The first kappa shape index (κ1) is 14.3. The molecule has 0 radical (unpaired) electrons. The van der Waals surface area contributed by atoms with Gasteiger partial charge >= 0.3 is 0 Å². The lowest BCUT2D eigenvalue weighted by Crippen LogP contribution is -2.30. The molecular weight excluding hydrogens is 250 g/mol. The summed E-state index contributed by atoms with van der Waals surface area (Å²) >= 11 is 0. The van der Waals surface area contributed by atoms with Crippen LogP contribution in [0.15, 0.2) is 53.5 Å². The van der Waals surface area contributed by atoms with Crippen LogP contribution in [0, 0.1) is 0 Å². The summed E-state index contributed by atoms with van der Waals surface area (Å²) in [6, 6.07) is 13.5. The molecule has 106 valence electrons. The molecule has 0 aliphatic heterocycles. The van der Waals surface area contributed by atoms with Crippen molar-refractivity contribution in [3.63, 3.8) is 0 Å². The summed E-state index contributed by atoms with van der Waals surface area (Å²) in [5.74, 6) is 0. The molecule has 2 rings (SSSR count). The standard InChI is InChI=1S/C16H21N3O/c1-2-18(12-14-6-4-3-5-7-14)10-11-19-13-15(17)8-9-16(19)20/h3-9,13H,2,10-12,17H2,1H3. The molecule has 0 saturated carbocycles. The van der Waals surface area contributed by atoms with Crippen molar-refractivity contribution in [3.8, 4) is 0 Å². The van der Waals surface area contributed by atoms with E-state index in [1.54, 1.807) is 16.8 Å². The van der Waals surface area contributed by atoms with Crippen LogP contribution in [0.25, 0.3) is 0 Å². The van der Waals surface area contributed by atoms with E-state index in [-0.39, 0.29) is 5.56 Å². The molecule has 20 heavy (non-hydrogen) atoms. The van der Waals surface area contributed by atoms with E-state index in [9.17, 15) is 4.79 Å². The van der Waals surface area contributed by atoms with Crippen molar-refractivity contribution in [2.24, 2.45) is 0 Å². The van der Waals surface area contributed by atoms with Gasteiger partial charge in [-0.1, -0.05) is 37.3 Å². The summed E-state index contributed by atoms with van der Waals surface area (Å²) in [4.78, 5) is 14.0. The lowest BCUT2D eigenvalue weighted by Gasteiger charge is -2.21. The largest absolute Gasteiger partial charge is 0.398 e. The normalized spacial score (nSPS) is 10.9. The molecule has 0 aliphatic carbocycles. The average molecular weight is 271 g/mol. The highest BCUT2D eigenvalue weighted by Crippen LogP contribution is 2.04. The first-order chi connectivity index (χ1) is 9.69. The molecule has 0 unspecified atom stereocenters. The Balaban J connectivity index is 1.97. The fraction of sp³-hybridized carbons (Fsp3) is 0.312. The summed E-state index contributed by atoms with van der Waals surface area (Å²) in [6.07, 6.45) is 1.71. The quantitative estimate of drug-likeness (QED) is 0.873. The lowest BCUT2D eigenvalue weighted by molar-refractivity contribution is 0.267. The zero-order valence-electron chi connectivity index (χ0n) is 11.8. The molecule has 0 amide bonds. The van der Waals surface area contributed by atoms with Crippen LogP contribution in [0.1, 0.15) is 12.5 Å². The summed E-state index contributed by atoms with van der Waals surface area (Å²) < 4.78 is 1.67. The Hall–Kier alpha value is -2.07. The van der Waals surface area contributed by atoms with Gasteiger partial charge in [-0.2, -0.15) is 0 Å². The minimum absolute atomic E-state index is 0.00466. The van der Waals surface area contributed by atoms with Crippen molar-refractivity contribution in [1.29, 1.82) is 0 Å². The van der Waals surface area contributed by atoms with E-state index in [0.29, 0.717) is 12.2 Å². The van der Waals surface area contributed by atoms with Gasteiger partial charge in [0.15, 0.2) is 0 Å². The van der Waals surface area contributed by atoms with Crippen LogP contribution in [0.4, 0.5) is 5.69 Å². The van der Waals surface area contributed by atoms with E-state index in [0.717, 1.165) is 19.6 Å². The Kier molecular flexibility index (Phi) is 4.96. The summed E-state index contributed by atoms with van der Waals surface area (Å²) in [7, 11) is 0. The SMILES string of the molecule is CCN(CCn1cc(N)ccc1=O)Cc1ccccc1. The Labute approximate surface area is 119 Å². The number of anilines is 1. The lowest BCUT2D eigenvalue weighted by atomic mass is 10.2. The number of pyridine rings is 1. The Bertz CT molecular complexity index is 592. The zero-order valence-corrected chi connectivity index (χ0v) is 11.8. The van der Waals surface area contributed by atoms with E-state index in [4.69, 9.17) is 5.73 Å². The highest BCUT2D eigenvalue weighted by atomic mass is 16.1. The van der Waals surface area contributed by atoms with Gasteiger partial charge in [0.1, 0.15) is 0 Å². The van der Waals surface area contributed by atoms with Crippen molar-refractivity contribution >= 4 is 5.69 Å². The van der Waals surface area contributed by atoms with Crippen molar-refractivity contribution in [3.05, 3.63) is 64.6 Å². The minimum atomic E-state index is -0.00466. The molecule has 4 nitrogen and oxygen atoms in total. The Morgan fingerprint density at radius 3 is 2.60 bits per heavy atom. The molecule has 0 atom stereocenters. The third kappa shape index (κ3) is 3.96. The molecular formula is C16H21N3O. The number of nitrogens with zero attached hydrogens (tertiary/aromatic N) is 2. The maximum absolute atomic E-state index is 11.7. The first-order valence-corrected chi connectivity index (χ1v) is 6.91. The fourth-order valence-corrected chi connectivity index (χ4v) is 2.16. The van der Waals surface area contributed by atoms with E-state index < -0.39 is 0 Å². The molecule has 0 fully saturated rings. The predicted octanol–water partition coefficient (Wildman–Crippen LogP) is 1.95. The van der Waals surface area contributed by atoms with E-state index in [1.807, 2.05) is 18.2 Å². The number of nitrogen functional groups attached to an aromatic ring is 1. The van der Waals surface area contributed by atoms with Crippen molar-refractivity contribution in [2.45, 2.75) is 20.0 Å². The molecule has 4 heteroatoms. The predicted molar refractivity (Wildman–Crippen MR) is 82.5 cm³/mol. The topological polar surface area (TPSA) is 51.3 Å². The van der Waals surface area contributed by atoms with Gasteiger partial charge in [-0.05, 0) is 18.2 Å². The fourth-order valence-electron chi connectivity index (χ4n) is 2.16. The van der Waals surface area contributed by atoms with E-state index in [1.165, 1.54) is 11.6 Å². The van der Waals surface area contributed by atoms with Gasteiger partial charge in [-0.3, -0.25) is 9.69 Å². The molecule has 1 aromatic heterocycles. The van der Waals surface area contributed by atoms with Crippen LogP contribution >= 0.6 is 0 Å². The molecule has 0 spiro atoms. The van der Waals surface area contributed by atoms with Crippen molar-refractivity contribution in [1.82, 2.24) is 9.47 Å². The van der Waals surface area contributed by atoms with Crippen molar-refractivity contribution in [2.75, 3.05) is 18.8 Å². The molecule has 0 saturated heterocycles. The number of hydrogen-bond donors (Lipinski definition) is 1. The molecule has 1 aromatic carbocycles. The van der Waals surface area contributed by atoms with Crippen LogP contribution < -0.4 is 11.3 Å². The third-order valence-corrected chi connectivity index (χ3v) is 3.36. The van der Waals surface area contributed by atoms with Gasteiger partial charge < -0.3 is 10.3 Å². The summed E-state index contributed by atoms with van der Waals surface area (Å²) in [5.41, 5.74) is 7.62. The minimum Gasteiger partial charge on any atom is -0.398 e. The number of aromatic nitrogens is 1. The third-order valence-electron chi connectivity index (χ3n) is 3.36. The van der Waals surface area contributed by atoms with Crippen LogP contribution in [-0.2, 0) is 13.1 Å². The van der Waals surface area contributed by atoms with E-state index >= 15 is 0 Å². The summed E-state index contributed by atoms with van der Waals surface area (Å²) in [6.45, 7) is 5.46. The molecule has 0 bridgehead atoms. The van der Waals surface area contributed by atoms with Gasteiger partial charge in [0.05, 0.1) is 0 Å². The molecule has 0 aliphatic rings. The smallest absolute Gasteiger partial charge is 0.250 e. The summed E-state index contributed by atoms with van der Waals surface area (Å²) in [5, 5.41) is 0. The van der Waals surface area contributed by atoms with Crippen LogP contribution in [-0.4, -0.2) is 22.6 Å². The van der Waals surface area contributed by atoms with Crippen LogP contribution in [0.2, 0.25) is 0 Å². The number of benzene rings is 1. The second-order valence-electron chi connectivity index (χ2n) is 4.85. The van der Waals surface area contributed by atoms with Crippen LogP contribution in [0.3, 0.4) is 0 Å². The zero-order chi connectivity index (χ0) is 14.4. The van der Waals surface area contributed by atoms with E-state index in [2.05, 4.69) is 24.0 Å². The second-order valence-corrected chi connectivity index (χ2v) is 4.85. The van der Waals surface area contributed by atoms with Gasteiger partial charge in [0.25, 0.3) is 5.56 Å². The molecule has 2 aromatic rings. The van der Waals surface area contributed by atoms with Gasteiger partial charge in [0.2, 0.25) is 0 Å². The first-order valence-electron chi connectivity index (χ1n) is 6.91. The van der Waals surface area contributed by atoms with Crippen molar-refractivity contribution < 1.29 is 0 Å². The number of likely N-dealkylation sites (N-methyl/N-ethyl adjacent to an activating group) is 1. The average Bonchev–Trinajstić information content (AvgIpc) is 2.47. The highest BCUT2D eigenvalue weighted by Gasteiger charge is 2.04.